The highest BCUT2D eigenvalue weighted by molar-refractivity contribution is 5.03. The first-order valence-corrected chi connectivity index (χ1v) is 5.30. The Morgan fingerprint density at radius 3 is 2.79 bits per heavy atom. The second kappa shape index (κ2) is 3.69. The molecule has 1 atom stereocenters. The van der Waals surface area contributed by atoms with Crippen LogP contribution in [0.5, 0.6) is 0 Å². The second-order valence-corrected chi connectivity index (χ2v) is 4.36. The molecule has 14 heavy (non-hydrogen) atoms. The Kier molecular flexibility index (Phi) is 2.54. The zero-order valence-electron chi connectivity index (χ0n) is 9.14. The Balaban J connectivity index is 2.16. The van der Waals surface area contributed by atoms with Gasteiger partial charge in [-0.15, -0.1) is 5.10 Å². The van der Waals surface area contributed by atoms with E-state index >= 15 is 0 Å². The van der Waals surface area contributed by atoms with Gasteiger partial charge >= 0.3 is 0 Å². The summed E-state index contributed by atoms with van der Waals surface area (Å²) in [6.45, 7) is 5.42. The largest absolute Gasteiger partial charge is 0.298 e. The van der Waals surface area contributed by atoms with Gasteiger partial charge in [-0.3, -0.25) is 4.90 Å². The van der Waals surface area contributed by atoms with Gasteiger partial charge in [-0.1, -0.05) is 5.21 Å². The molecule has 0 bridgehead atoms. The molecular weight excluding hydrogens is 176 g/mol. The predicted octanol–water partition coefficient (Wildman–Crippen LogP) is 1.63. The molecule has 1 unspecified atom stereocenters. The maximum atomic E-state index is 4.24. The monoisotopic (exact) mass is 194 g/mol. The topological polar surface area (TPSA) is 34.0 Å². The number of hydrogen-bond acceptors (Lipinski definition) is 3. The molecule has 0 spiro atoms. The van der Waals surface area contributed by atoms with Gasteiger partial charge in [0, 0.05) is 6.04 Å². The lowest BCUT2D eigenvalue weighted by molar-refractivity contribution is 0.311. The van der Waals surface area contributed by atoms with Crippen molar-refractivity contribution in [3.05, 3.63) is 11.9 Å². The molecule has 0 aliphatic carbocycles. The fraction of sp³-hybridized carbons (Fsp3) is 0.800. The van der Waals surface area contributed by atoms with Crippen LogP contribution in [-0.4, -0.2) is 33.5 Å². The zero-order valence-corrected chi connectivity index (χ0v) is 9.14. The van der Waals surface area contributed by atoms with E-state index in [2.05, 4.69) is 42.3 Å². The minimum Gasteiger partial charge on any atom is -0.298 e. The van der Waals surface area contributed by atoms with E-state index in [9.17, 15) is 0 Å². The van der Waals surface area contributed by atoms with Crippen LogP contribution in [0.4, 0.5) is 0 Å². The molecule has 1 aliphatic rings. The predicted molar refractivity (Wildman–Crippen MR) is 55.0 cm³/mol. The van der Waals surface area contributed by atoms with Crippen molar-refractivity contribution in [3.8, 4) is 0 Å². The Bertz CT molecular complexity index is 305. The summed E-state index contributed by atoms with van der Waals surface area (Å²) in [6, 6.07) is 0.894. The summed E-state index contributed by atoms with van der Waals surface area (Å²) in [6.07, 6.45) is 4.57. The van der Waals surface area contributed by atoms with Crippen LogP contribution in [0.1, 0.15) is 44.5 Å². The number of aromatic nitrogens is 3. The van der Waals surface area contributed by atoms with Crippen molar-refractivity contribution in [3.63, 3.8) is 0 Å². The van der Waals surface area contributed by atoms with E-state index < -0.39 is 0 Å². The summed E-state index contributed by atoms with van der Waals surface area (Å²) in [5, 5.41) is 8.38. The van der Waals surface area contributed by atoms with Crippen molar-refractivity contribution >= 4 is 0 Å². The molecule has 0 aromatic carbocycles. The standard InChI is InChI=1S/C10H18N4/c1-8(2)14-7-9(11-12-14)10-5-4-6-13(10)3/h7-8,10H,4-6H2,1-3H3. The summed E-state index contributed by atoms with van der Waals surface area (Å²) < 4.78 is 1.93. The molecule has 2 heterocycles. The summed E-state index contributed by atoms with van der Waals surface area (Å²) in [4.78, 5) is 2.36. The van der Waals surface area contributed by atoms with Gasteiger partial charge in [0.2, 0.25) is 0 Å². The van der Waals surface area contributed by atoms with Crippen LogP contribution in [0, 0.1) is 0 Å². The third kappa shape index (κ3) is 1.66. The van der Waals surface area contributed by atoms with Crippen LogP contribution >= 0.6 is 0 Å². The van der Waals surface area contributed by atoms with Crippen molar-refractivity contribution in [2.24, 2.45) is 0 Å². The molecule has 2 rings (SSSR count). The lowest BCUT2D eigenvalue weighted by atomic mass is 10.2. The minimum absolute atomic E-state index is 0.406. The maximum absolute atomic E-state index is 4.24. The highest BCUT2D eigenvalue weighted by Crippen LogP contribution is 2.28. The van der Waals surface area contributed by atoms with E-state index in [0.717, 1.165) is 5.69 Å². The lowest BCUT2D eigenvalue weighted by Gasteiger charge is -2.15. The molecule has 1 aromatic rings. The van der Waals surface area contributed by atoms with E-state index in [-0.39, 0.29) is 0 Å². The van der Waals surface area contributed by atoms with Crippen LogP contribution in [0.15, 0.2) is 6.20 Å². The maximum Gasteiger partial charge on any atom is 0.0998 e. The van der Waals surface area contributed by atoms with Gasteiger partial charge in [0.15, 0.2) is 0 Å². The Morgan fingerprint density at radius 1 is 1.50 bits per heavy atom. The van der Waals surface area contributed by atoms with Gasteiger partial charge in [-0.2, -0.15) is 0 Å². The fourth-order valence-electron chi connectivity index (χ4n) is 1.98. The van der Waals surface area contributed by atoms with E-state index in [0.29, 0.717) is 12.1 Å². The van der Waals surface area contributed by atoms with Gasteiger partial charge < -0.3 is 0 Å². The van der Waals surface area contributed by atoms with Gasteiger partial charge in [0.25, 0.3) is 0 Å². The number of likely N-dealkylation sites (tertiary alicyclic amines) is 1. The van der Waals surface area contributed by atoms with E-state index in [1.807, 2.05) is 4.68 Å². The van der Waals surface area contributed by atoms with Crippen molar-refractivity contribution in [2.45, 2.75) is 38.8 Å². The SMILES string of the molecule is CC(C)n1cc(C2CCCN2C)nn1. The molecule has 4 heteroatoms. The van der Waals surface area contributed by atoms with Crippen LogP contribution in [0.3, 0.4) is 0 Å². The molecule has 78 valence electrons. The van der Waals surface area contributed by atoms with Gasteiger partial charge in [-0.05, 0) is 40.3 Å². The van der Waals surface area contributed by atoms with Crippen molar-refractivity contribution in [2.75, 3.05) is 13.6 Å². The number of hydrogen-bond donors (Lipinski definition) is 0. The van der Waals surface area contributed by atoms with Gasteiger partial charge in [0.1, 0.15) is 0 Å². The minimum atomic E-state index is 0.406. The van der Waals surface area contributed by atoms with E-state index in [4.69, 9.17) is 0 Å². The lowest BCUT2D eigenvalue weighted by Crippen LogP contribution is -2.17. The summed E-state index contributed by atoms with van der Waals surface area (Å²) in [7, 11) is 2.16. The van der Waals surface area contributed by atoms with E-state index in [1.54, 1.807) is 0 Å². The number of nitrogens with zero attached hydrogens (tertiary/aromatic N) is 4. The average molecular weight is 194 g/mol. The first-order valence-electron chi connectivity index (χ1n) is 5.30. The normalized spacial score (nSPS) is 23.6. The van der Waals surface area contributed by atoms with Crippen LogP contribution < -0.4 is 0 Å². The molecule has 0 saturated carbocycles. The molecule has 0 amide bonds. The van der Waals surface area contributed by atoms with Crippen LogP contribution in [0.25, 0.3) is 0 Å². The highest BCUT2D eigenvalue weighted by Gasteiger charge is 2.25. The van der Waals surface area contributed by atoms with Gasteiger partial charge in [0.05, 0.1) is 17.9 Å². The smallest absolute Gasteiger partial charge is 0.0998 e. The fourth-order valence-corrected chi connectivity index (χ4v) is 1.98. The van der Waals surface area contributed by atoms with Crippen molar-refractivity contribution in [1.82, 2.24) is 19.9 Å². The third-order valence-electron chi connectivity index (χ3n) is 2.92. The Hall–Kier alpha value is -0.900. The zero-order chi connectivity index (χ0) is 10.1. The Morgan fingerprint density at radius 2 is 2.29 bits per heavy atom. The highest BCUT2D eigenvalue weighted by atomic mass is 15.4. The Labute approximate surface area is 84.9 Å². The third-order valence-corrected chi connectivity index (χ3v) is 2.92. The van der Waals surface area contributed by atoms with Gasteiger partial charge in [-0.25, -0.2) is 4.68 Å². The molecule has 0 N–H and O–H groups in total. The molecule has 1 aromatic heterocycles. The van der Waals surface area contributed by atoms with Crippen LogP contribution in [0.2, 0.25) is 0 Å². The van der Waals surface area contributed by atoms with E-state index in [1.165, 1.54) is 19.4 Å². The summed E-state index contributed by atoms with van der Waals surface area (Å²) in [5.41, 5.74) is 1.12. The van der Waals surface area contributed by atoms with Crippen LogP contribution in [-0.2, 0) is 0 Å². The number of rotatable bonds is 2. The molecule has 1 saturated heterocycles. The van der Waals surface area contributed by atoms with Crippen molar-refractivity contribution in [1.29, 1.82) is 0 Å². The summed E-state index contributed by atoms with van der Waals surface area (Å²) >= 11 is 0. The molecule has 0 radical (unpaired) electrons. The molecule has 1 fully saturated rings. The average Bonchev–Trinajstić information content (AvgIpc) is 2.71. The first kappa shape index (κ1) is 9.65. The van der Waals surface area contributed by atoms with Crippen molar-refractivity contribution < 1.29 is 0 Å². The molecule has 1 aliphatic heterocycles. The first-order chi connectivity index (χ1) is 6.68. The molecular formula is C10H18N4. The molecule has 4 nitrogen and oxygen atoms in total. The second-order valence-electron chi connectivity index (χ2n) is 4.36. The summed E-state index contributed by atoms with van der Waals surface area (Å²) in [5.74, 6) is 0. The quantitative estimate of drug-likeness (QED) is 0.717.